The summed E-state index contributed by atoms with van der Waals surface area (Å²) >= 11 is 5.87. The van der Waals surface area contributed by atoms with Gasteiger partial charge >= 0.3 is 0 Å². The van der Waals surface area contributed by atoms with E-state index in [4.69, 9.17) is 17.4 Å². The van der Waals surface area contributed by atoms with Crippen molar-refractivity contribution in [3.05, 3.63) is 47.5 Å². The number of hydrazine groups is 1. The second-order valence-corrected chi connectivity index (χ2v) is 5.06. The Balaban J connectivity index is 2.28. The van der Waals surface area contributed by atoms with Gasteiger partial charge in [0.25, 0.3) is 0 Å². The Morgan fingerprint density at radius 2 is 1.94 bits per heavy atom. The Labute approximate surface area is 115 Å². The minimum atomic E-state index is 0.343. The van der Waals surface area contributed by atoms with Crippen molar-refractivity contribution in [2.75, 3.05) is 0 Å². The van der Waals surface area contributed by atoms with Crippen molar-refractivity contribution in [2.24, 2.45) is 5.84 Å². The van der Waals surface area contributed by atoms with E-state index in [1.165, 1.54) is 24.8 Å². The zero-order valence-corrected chi connectivity index (χ0v) is 11.6. The van der Waals surface area contributed by atoms with E-state index in [0.717, 1.165) is 24.3 Å². The summed E-state index contributed by atoms with van der Waals surface area (Å²) in [5, 5.41) is 0.778. The molecule has 2 nitrogen and oxygen atoms in total. The molecule has 3 heteroatoms. The lowest BCUT2D eigenvalue weighted by Crippen LogP contribution is -2.36. The number of nitrogens with one attached hydrogen (secondary N) is 1. The Morgan fingerprint density at radius 1 is 1.22 bits per heavy atom. The van der Waals surface area contributed by atoms with Crippen LogP contribution >= 0.6 is 11.6 Å². The molecule has 1 unspecified atom stereocenters. The van der Waals surface area contributed by atoms with Gasteiger partial charge in [0, 0.05) is 11.1 Å². The first-order chi connectivity index (χ1) is 8.76. The first-order valence-corrected chi connectivity index (χ1v) is 6.95. The highest BCUT2D eigenvalue weighted by molar-refractivity contribution is 6.30. The highest BCUT2D eigenvalue weighted by Crippen LogP contribution is 2.13. The quantitative estimate of drug-likeness (QED) is 0.308. The molecule has 0 saturated heterocycles. The molecular formula is C15H23ClN2. The lowest BCUT2D eigenvalue weighted by Gasteiger charge is -2.15. The predicted octanol–water partition coefficient (Wildman–Crippen LogP) is 3.85. The van der Waals surface area contributed by atoms with Gasteiger partial charge in [-0.3, -0.25) is 11.3 Å². The molecule has 100 valence electrons. The van der Waals surface area contributed by atoms with E-state index in [0.29, 0.717) is 6.04 Å². The summed E-state index contributed by atoms with van der Waals surface area (Å²) in [5.41, 5.74) is 4.17. The standard InChI is InChI=1S/C15H23ClN2/c1-2-3-4-5-6-7-15(18-17)12-13-8-10-14(16)11-9-13/h2,8-11,15,18H,1,3-7,12,17H2. The zero-order valence-electron chi connectivity index (χ0n) is 10.9. The second-order valence-electron chi connectivity index (χ2n) is 4.62. The molecule has 1 aromatic carbocycles. The maximum absolute atomic E-state index is 5.87. The fourth-order valence-electron chi connectivity index (χ4n) is 2.01. The third-order valence-electron chi connectivity index (χ3n) is 3.09. The minimum absolute atomic E-state index is 0.343. The van der Waals surface area contributed by atoms with Crippen LogP contribution in [0.15, 0.2) is 36.9 Å². The van der Waals surface area contributed by atoms with Crippen LogP contribution in [0.3, 0.4) is 0 Å². The highest BCUT2D eigenvalue weighted by Gasteiger charge is 2.07. The molecule has 0 aliphatic rings. The first kappa shape index (κ1) is 15.2. The van der Waals surface area contributed by atoms with Crippen LogP contribution < -0.4 is 11.3 Å². The molecule has 0 aromatic heterocycles. The molecule has 1 rings (SSSR count). The van der Waals surface area contributed by atoms with Crippen LogP contribution in [0.1, 0.15) is 37.7 Å². The smallest absolute Gasteiger partial charge is 0.0406 e. The fourth-order valence-corrected chi connectivity index (χ4v) is 2.13. The summed E-state index contributed by atoms with van der Waals surface area (Å²) in [7, 11) is 0. The van der Waals surface area contributed by atoms with E-state index in [-0.39, 0.29) is 0 Å². The Hall–Kier alpha value is -0.830. The first-order valence-electron chi connectivity index (χ1n) is 6.57. The zero-order chi connectivity index (χ0) is 13.2. The maximum atomic E-state index is 5.87. The number of hydrogen-bond donors (Lipinski definition) is 2. The average molecular weight is 267 g/mol. The Bertz CT molecular complexity index is 335. The van der Waals surface area contributed by atoms with Crippen LogP contribution in [0, 0.1) is 0 Å². The van der Waals surface area contributed by atoms with Gasteiger partial charge in [-0.25, -0.2) is 0 Å². The van der Waals surface area contributed by atoms with Crippen LogP contribution in [0.5, 0.6) is 0 Å². The summed E-state index contributed by atoms with van der Waals surface area (Å²) in [6.45, 7) is 3.73. The largest absolute Gasteiger partial charge is 0.271 e. The van der Waals surface area contributed by atoms with Gasteiger partial charge in [-0.2, -0.15) is 0 Å². The predicted molar refractivity (Wildman–Crippen MR) is 79.5 cm³/mol. The van der Waals surface area contributed by atoms with Gasteiger partial charge < -0.3 is 0 Å². The van der Waals surface area contributed by atoms with E-state index in [2.05, 4.69) is 24.1 Å². The summed E-state index contributed by atoms with van der Waals surface area (Å²) in [4.78, 5) is 0. The summed E-state index contributed by atoms with van der Waals surface area (Å²) < 4.78 is 0. The van der Waals surface area contributed by atoms with Crippen molar-refractivity contribution in [2.45, 2.75) is 44.6 Å². The van der Waals surface area contributed by atoms with Crippen molar-refractivity contribution >= 4 is 11.6 Å². The van der Waals surface area contributed by atoms with Gasteiger partial charge in [-0.1, -0.05) is 42.7 Å². The molecule has 18 heavy (non-hydrogen) atoms. The molecule has 0 heterocycles. The molecule has 0 fully saturated rings. The van der Waals surface area contributed by atoms with E-state index in [9.17, 15) is 0 Å². The van der Waals surface area contributed by atoms with Crippen molar-refractivity contribution in [1.82, 2.24) is 5.43 Å². The number of rotatable bonds is 9. The highest BCUT2D eigenvalue weighted by atomic mass is 35.5. The third-order valence-corrected chi connectivity index (χ3v) is 3.34. The molecule has 3 N–H and O–H groups in total. The van der Waals surface area contributed by atoms with Gasteiger partial charge in [-0.15, -0.1) is 6.58 Å². The van der Waals surface area contributed by atoms with Crippen molar-refractivity contribution in [3.63, 3.8) is 0 Å². The number of nitrogens with two attached hydrogens (primary N) is 1. The van der Waals surface area contributed by atoms with Gasteiger partial charge in [0.2, 0.25) is 0 Å². The molecule has 0 amide bonds. The summed E-state index contributed by atoms with van der Waals surface area (Å²) in [6.07, 6.45) is 8.82. The lowest BCUT2D eigenvalue weighted by atomic mass is 10.0. The number of allylic oxidation sites excluding steroid dienone is 1. The van der Waals surface area contributed by atoms with Gasteiger partial charge in [0.05, 0.1) is 0 Å². The van der Waals surface area contributed by atoms with Crippen molar-refractivity contribution < 1.29 is 0 Å². The van der Waals surface area contributed by atoms with Gasteiger partial charge in [0.15, 0.2) is 0 Å². The van der Waals surface area contributed by atoms with Gasteiger partial charge in [-0.05, 0) is 43.4 Å². The average Bonchev–Trinajstić information content (AvgIpc) is 2.39. The molecule has 0 spiro atoms. The summed E-state index contributed by atoms with van der Waals surface area (Å²) in [5.74, 6) is 5.60. The summed E-state index contributed by atoms with van der Waals surface area (Å²) in [6, 6.07) is 8.31. The molecule has 1 aromatic rings. The van der Waals surface area contributed by atoms with Crippen LogP contribution in [0.2, 0.25) is 5.02 Å². The number of hydrogen-bond acceptors (Lipinski definition) is 2. The second kappa shape index (κ2) is 9.15. The van der Waals surface area contributed by atoms with Gasteiger partial charge in [0.1, 0.15) is 0 Å². The fraction of sp³-hybridized carbons (Fsp3) is 0.467. The molecule has 0 radical (unpaired) electrons. The molecular weight excluding hydrogens is 244 g/mol. The van der Waals surface area contributed by atoms with Crippen molar-refractivity contribution in [3.8, 4) is 0 Å². The molecule has 0 bridgehead atoms. The number of halogens is 1. The maximum Gasteiger partial charge on any atom is 0.0406 e. The normalized spacial score (nSPS) is 12.3. The van der Waals surface area contributed by atoms with E-state index >= 15 is 0 Å². The van der Waals surface area contributed by atoms with Crippen molar-refractivity contribution in [1.29, 1.82) is 0 Å². The van der Waals surface area contributed by atoms with Crippen LogP contribution in [-0.4, -0.2) is 6.04 Å². The number of benzene rings is 1. The topological polar surface area (TPSA) is 38.0 Å². The third kappa shape index (κ3) is 6.20. The SMILES string of the molecule is C=CCCCCCC(Cc1ccc(Cl)cc1)NN. The molecule has 0 saturated carbocycles. The monoisotopic (exact) mass is 266 g/mol. The molecule has 1 atom stereocenters. The van der Waals surface area contributed by atoms with E-state index in [1.54, 1.807) is 0 Å². The van der Waals surface area contributed by atoms with E-state index in [1.807, 2.05) is 18.2 Å². The minimum Gasteiger partial charge on any atom is -0.271 e. The number of unbranched alkanes of at least 4 members (excludes halogenated alkanes) is 3. The van der Waals surface area contributed by atoms with Crippen LogP contribution in [0.4, 0.5) is 0 Å². The lowest BCUT2D eigenvalue weighted by molar-refractivity contribution is 0.464. The Kier molecular flexibility index (Phi) is 7.74. The molecule has 0 aliphatic heterocycles. The van der Waals surface area contributed by atoms with Crippen LogP contribution in [-0.2, 0) is 6.42 Å². The van der Waals surface area contributed by atoms with E-state index < -0.39 is 0 Å². The Morgan fingerprint density at radius 3 is 2.56 bits per heavy atom. The van der Waals surface area contributed by atoms with Crippen LogP contribution in [0.25, 0.3) is 0 Å². The molecule has 0 aliphatic carbocycles.